The van der Waals surface area contributed by atoms with Crippen LogP contribution in [0, 0.1) is 5.82 Å². The van der Waals surface area contributed by atoms with Crippen molar-refractivity contribution in [2.45, 2.75) is 6.42 Å². The van der Waals surface area contributed by atoms with Gasteiger partial charge in [-0.25, -0.2) is 9.37 Å². The number of aromatic nitrogens is 3. The number of amides is 1. The van der Waals surface area contributed by atoms with Gasteiger partial charge in [-0.05, 0) is 6.07 Å². The van der Waals surface area contributed by atoms with Crippen molar-refractivity contribution in [2.24, 2.45) is 7.05 Å². The van der Waals surface area contributed by atoms with Crippen LogP contribution in [0.5, 0.6) is 0 Å². The van der Waals surface area contributed by atoms with Crippen LogP contribution in [-0.2, 0) is 13.5 Å². The molecule has 94 valence electrons. The standard InChI is InChI=1S/C12H13FN4O/c1-17-8-15-6-9(17)2-5-16-12(18)10-3-4-14-7-11(10)13/h3-4,6-8H,2,5H2,1H3,(H,16,18). The van der Waals surface area contributed by atoms with Gasteiger partial charge < -0.3 is 9.88 Å². The third-order valence-corrected chi connectivity index (χ3v) is 2.60. The molecule has 0 bridgehead atoms. The van der Waals surface area contributed by atoms with Gasteiger partial charge in [-0.15, -0.1) is 0 Å². The minimum atomic E-state index is -0.615. The molecule has 5 nitrogen and oxygen atoms in total. The van der Waals surface area contributed by atoms with Crippen LogP contribution in [0.3, 0.4) is 0 Å². The van der Waals surface area contributed by atoms with E-state index in [9.17, 15) is 9.18 Å². The number of aryl methyl sites for hydroxylation is 1. The summed E-state index contributed by atoms with van der Waals surface area (Å²) in [5, 5.41) is 2.66. The van der Waals surface area contributed by atoms with Crippen molar-refractivity contribution < 1.29 is 9.18 Å². The second kappa shape index (κ2) is 5.39. The summed E-state index contributed by atoms with van der Waals surface area (Å²) in [7, 11) is 1.88. The zero-order valence-electron chi connectivity index (χ0n) is 9.93. The van der Waals surface area contributed by atoms with Gasteiger partial charge in [0.2, 0.25) is 0 Å². The predicted molar refractivity (Wildman–Crippen MR) is 63.4 cm³/mol. The summed E-state index contributed by atoms with van der Waals surface area (Å²) in [5.74, 6) is -1.05. The van der Waals surface area contributed by atoms with Gasteiger partial charge in [0, 0.05) is 38.1 Å². The monoisotopic (exact) mass is 248 g/mol. The lowest BCUT2D eigenvalue weighted by atomic mass is 10.2. The smallest absolute Gasteiger partial charge is 0.254 e. The van der Waals surface area contributed by atoms with Crippen LogP contribution >= 0.6 is 0 Å². The molecular weight excluding hydrogens is 235 g/mol. The van der Waals surface area contributed by atoms with Crippen molar-refractivity contribution in [3.05, 3.63) is 48.1 Å². The first-order valence-corrected chi connectivity index (χ1v) is 5.51. The second-order valence-electron chi connectivity index (χ2n) is 3.86. The van der Waals surface area contributed by atoms with Crippen LogP contribution < -0.4 is 5.32 Å². The van der Waals surface area contributed by atoms with E-state index in [2.05, 4.69) is 15.3 Å². The number of halogens is 1. The lowest BCUT2D eigenvalue weighted by Gasteiger charge is -2.06. The molecule has 1 N–H and O–H groups in total. The Morgan fingerprint density at radius 2 is 2.28 bits per heavy atom. The largest absolute Gasteiger partial charge is 0.352 e. The van der Waals surface area contributed by atoms with Crippen molar-refractivity contribution in [3.8, 4) is 0 Å². The zero-order valence-corrected chi connectivity index (χ0v) is 9.93. The molecule has 0 radical (unpaired) electrons. The summed E-state index contributed by atoms with van der Waals surface area (Å²) in [6.45, 7) is 0.431. The first kappa shape index (κ1) is 12.2. The number of hydrogen-bond donors (Lipinski definition) is 1. The molecule has 2 aromatic heterocycles. The number of rotatable bonds is 4. The summed E-state index contributed by atoms with van der Waals surface area (Å²) in [6, 6.07) is 1.36. The third kappa shape index (κ3) is 2.71. The molecule has 0 aliphatic heterocycles. The fourth-order valence-corrected chi connectivity index (χ4v) is 1.58. The molecule has 0 spiro atoms. The summed E-state index contributed by atoms with van der Waals surface area (Å²) < 4.78 is 15.1. The average Bonchev–Trinajstić information content (AvgIpc) is 2.75. The molecule has 0 saturated heterocycles. The van der Waals surface area contributed by atoms with Gasteiger partial charge in [0.05, 0.1) is 18.1 Å². The molecule has 0 fully saturated rings. The van der Waals surface area contributed by atoms with E-state index in [1.165, 1.54) is 12.3 Å². The molecule has 2 aromatic rings. The number of imidazole rings is 1. The van der Waals surface area contributed by atoms with Crippen molar-refractivity contribution in [2.75, 3.05) is 6.54 Å². The minimum absolute atomic E-state index is 0.00926. The van der Waals surface area contributed by atoms with Gasteiger partial charge in [0.15, 0.2) is 5.82 Å². The van der Waals surface area contributed by atoms with Crippen LogP contribution in [0.4, 0.5) is 4.39 Å². The average molecular weight is 248 g/mol. The summed E-state index contributed by atoms with van der Waals surface area (Å²) in [5.41, 5.74) is 1.01. The summed E-state index contributed by atoms with van der Waals surface area (Å²) in [6.07, 6.45) is 6.49. The Balaban J connectivity index is 1.90. The maximum atomic E-state index is 13.3. The van der Waals surface area contributed by atoms with E-state index in [-0.39, 0.29) is 5.56 Å². The van der Waals surface area contributed by atoms with Crippen LogP contribution in [0.2, 0.25) is 0 Å². The molecule has 0 aliphatic rings. The summed E-state index contributed by atoms with van der Waals surface area (Å²) in [4.78, 5) is 19.2. The Bertz CT molecular complexity index is 553. The Morgan fingerprint density at radius 1 is 1.44 bits per heavy atom. The molecule has 2 heterocycles. The number of pyridine rings is 1. The molecule has 0 aromatic carbocycles. The highest BCUT2D eigenvalue weighted by atomic mass is 19.1. The fourth-order valence-electron chi connectivity index (χ4n) is 1.58. The third-order valence-electron chi connectivity index (χ3n) is 2.60. The Kier molecular flexibility index (Phi) is 3.66. The van der Waals surface area contributed by atoms with Gasteiger partial charge in [0.1, 0.15) is 0 Å². The number of carbonyl (C=O) groups is 1. The molecule has 18 heavy (non-hydrogen) atoms. The summed E-state index contributed by atoms with van der Waals surface area (Å²) >= 11 is 0. The highest BCUT2D eigenvalue weighted by Crippen LogP contribution is 2.04. The van der Waals surface area contributed by atoms with Gasteiger partial charge in [-0.1, -0.05) is 0 Å². The first-order chi connectivity index (χ1) is 8.68. The molecular formula is C12H13FN4O. The molecule has 0 aliphatic carbocycles. The van der Waals surface area contributed by atoms with E-state index in [0.717, 1.165) is 11.9 Å². The lowest BCUT2D eigenvalue weighted by Crippen LogP contribution is -2.27. The zero-order chi connectivity index (χ0) is 13.0. The van der Waals surface area contributed by atoms with E-state index in [1.54, 1.807) is 12.5 Å². The Hall–Kier alpha value is -2.24. The van der Waals surface area contributed by atoms with Crippen LogP contribution in [0.25, 0.3) is 0 Å². The van der Waals surface area contributed by atoms with Gasteiger partial charge >= 0.3 is 0 Å². The molecule has 0 unspecified atom stereocenters. The van der Waals surface area contributed by atoms with Crippen molar-refractivity contribution in [3.63, 3.8) is 0 Å². The van der Waals surface area contributed by atoms with Gasteiger partial charge in [0.25, 0.3) is 5.91 Å². The topological polar surface area (TPSA) is 59.8 Å². The number of carbonyl (C=O) groups excluding carboxylic acids is 1. The van der Waals surface area contributed by atoms with E-state index in [1.807, 2.05) is 11.6 Å². The molecule has 0 saturated carbocycles. The van der Waals surface area contributed by atoms with Crippen LogP contribution in [0.1, 0.15) is 16.1 Å². The minimum Gasteiger partial charge on any atom is -0.352 e. The van der Waals surface area contributed by atoms with E-state index >= 15 is 0 Å². The Morgan fingerprint density at radius 3 is 2.94 bits per heavy atom. The molecule has 0 atom stereocenters. The van der Waals surface area contributed by atoms with Gasteiger partial charge in [-0.2, -0.15) is 0 Å². The Labute approximate surface area is 104 Å². The first-order valence-electron chi connectivity index (χ1n) is 5.51. The SMILES string of the molecule is Cn1cncc1CCNC(=O)c1ccncc1F. The van der Waals surface area contributed by atoms with Crippen molar-refractivity contribution >= 4 is 5.91 Å². The molecule has 2 rings (SSSR count). The van der Waals surface area contributed by atoms with E-state index in [0.29, 0.717) is 13.0 Å². The molecule has 6 heteroatoms. The van der Waals surface area contributed by atoms with Crippen molar-refractivity contribution in [1.82, 2.24) is 19.9 Å². The second-order valence-corrected chi connectivity index (χ2v) is 3.86. The van der Waals surface area contributed by atoms with Crippen LogP contribution in [0.15, 0.2) is 31.0 Å². The highest BCUT2D eigenvalue weighted by molar-refractivity contribution is 5.94. The highest BCUT2D eigenvalue weighted by Gasteiger charge is 2.10. The van der Waals surface area contributed by atoms with Gasteiger partial charge in [-0.3, -0.25) is 9.78 Å². The van der Waals surface area contributed by atoms with Crippen LogP contribution in [-0.4, -0.2) is 27.0 Å². The molecule has 1 amide bonds. The lowest BCUT2D eigenvalue weighted by molar-refractivity contribution is 0.0950. The normalized spacial score (nSPS) is 10.3. The number of hydrogen-bond acceptors (Lipinski definition) is 3. The predicted octanol–water partition coefficient (Wildman–Crippen LogP) is 0.927. The van der Waals surface area contributed by atoms with E-state index < -0.39 is 11.7 Å². The van der Waals surface area contributed by atoms with E-state index in [4.69, 9.17) is 0 Å². The maximum absolute atomic E-state index is 13.3. The van der Waals surface area contributed by atoms with Crippen molar-refractivity contribution in [1.29, 1.82) is 0 Å². The number of nitrogens with one attached hydrogen (secondary N) is 1. The maximum Gasteiger partial charge on any atom is 0.254 e. The fraction of sp³-hybridized carbons (Fsp3) is 0.250. The number of nitrogens with zero attached hydrogens (tertiary/aromatic N) is 3. The quantitative estimate of drug-likeness (QED) is 0.875.